The van der Waals surface area contributed by atoms with E-state index in [4.69, 9.17) is 16.0 Å². The Morgan fingerprint density at radius 2 is 1.90 bits per heavy atom. The van der Waals surface area contributed by atoms with Crippen molar-refractivity contribution in [1.82, 2.24) is 4.98 Å². The lowest BCUT2D eigenvalue weighted by molar-refractivity contribution is -0.398. The first-order valence-electron chi connectivity index (χ1n) is 8.99. The minimum Gasteiger partial charge on any atom is -0.867 e. The number of fused-ring (bicyclic) bond motifs is 1. The fraction of sp³-hybridized carbons (Fsp3) is 0.0909. The van der Waals surface area contributed by atoms with E-state index in [1.807, 2.05) is 25.1 Å². The van der Waals surface area contributed by atoms with Crippen LogP contribution in [0.2, 0.25) is 5.02 Å². The maximum atomic E-state index is 12.3. The fourth-order valence-electron chi connectivity index (χ4n) is 3.06. The van der Waals surface area contributed by atoms with E-state index in [1.165, 1.54) is 12.3 Å². The molecule has 7 nitrogen and oxygen atoms in total. The SMILES string of the molecule is Cc1cc(C=Nc2ccc(Cl)c(-c3nc4ccc(C)cc4o3)c2)c([O-])c([N+](=O)[O-])c1. The van der Waals surface area contributed by atoms with E-state index in [-0.39, 0.29) is 5.56 Å². The third-order valence-corrected chi connectivity index (χ3v) is 4.85. The van der Waals surface area contributed by atoms with Crippen LogP contribution in [0, 0.1) is 24.0 Å². The molecule has 4 rings (SSSR count). The molecule has 150 valence electrons. The average Bonchev–Trinajstić information content (AvgIpc) is 3.12. The second-order valence-corrected chi connectivity index (χ2v) is 7.28. The van der Waals surface area contributed by atoms with Gasteiger partial charge in [-0.05, 0) is 66.6 Å². The molecular formula is C22H15ClN3O4-. The molecule has 0 unspecified atom stereocenters. The van der Waals surface area contributed by atoms with Gasteiger partial charge in [0.25, 0.3) is 5.69 Å². The number of nitro groups is 1. The van der Waals surface area contributed by atoms with Crippen molar-refractivity contribution >= 4 is 40.3 Å². The van der Waals surface area contributed by atoms with E-state index < -0.39 is 16.4 Å². The molecule has 0 bridgehead atoms. The summed E-state index contributed by atoms with van der Waals surface area (Å²) in [6.07, 6.45) is 1.31. The summed E-state index contributed by atoms with van der Waals surface area (Å²) < 4.78 is 5.84. The van der Waals surface area contributed by atoms with Gasteiger partial charge in [-0.25, -0.2) is 4.98 Å². The molecular weight excluding hydrogens is 406 g/mol. The normalized spacial score (nSPS) is 11.4. The van der Waals surface area contributed by atoms with Crippen LogP contribution < -0.4 is 5.11 Å². The zero-order valence-electron chi connectivity index (χ0n) is 16.0. The summed E-state index contributed by atoms with van der Waals surface area (Å²) in [6, 6.07) is 13.5. The molecule has 0 aliphatic heterocycles. The molecule has 8 heteroatoms. The van der Waals surface area contributed by atoms with Gasteiger partial charge >= 0.3 is 0 Å². The molecule has 0 saturated carbocycles. The molecule has 0 N–H and O–H groups in total. The van der Waals surface area contributed by atoms with Crippen molar-refractivity contribution in [1.29, 1.82) is 0 Å². The van der Waals surface area contributed by atoms with Gasteiger partial charge in [0.1, 0.15) is 5.52 Å². The minimum absolute atomic E-state index is 0.135. The highest BCUT2D eigenvalue weighted by Gasteiger charge is 2.13. The van der Waals surface area contributed by atoms with Crippen LogP contribution in [-0.4, -0.2) is 16.1 Å². The van der Waals surface area contributed by atoms with E-state index in [1.54, 1.807) is 31.2 Å². The first-order chi connectivity index (χ1) is 14.3. The number of aliphatic imine (C=N–C) groups is 1. The van der Waals surface area contributed by atoms with Crippen LogP contribution in [0.15, 0.2) is 57.9 Å². The number of aryl methyl sites for hydroxylation is 2. The van der Waals surface area contributed by atoms with E-state index in [0.29, 0.717) is 38.8 Å². The highest BCUT2D eigenvalue weighted by molar-refractivity contribution is 6.33. The number of halogens is 1. The maximum absolute atomic E-state index is 12.3. The first kappa shape index (κ1) is 19.6. The van der Waals surface area contributed by atoms with Crippen LogP contribution in [0.4, 0.5) is 11.4 Å². The van der Waals surface area contributed by atoms with Gasteiger partial charge in [-0.1, -0.05) is 23.7 Å². The second kappa shape index (κ2) is 7.61. The minimum atomic E-state index is -0.692. The smallest absolute Gasteiger partial charge is 0.262 e. The molecule has 30 heavy (non-hydrogen) atoms. The molecule has 0 atom stereocenters. The van der Waals surface area contributed by atoms with E-state index in [0.717, 1.165) is 5.56 Å². The van der Waals surface area contributed by atoms with Crippen LogP contribution >= 0.6 is 11.6 Å². The Kier molecular flexibility index (Phi) is 4.97. The quantitative estimate of drug-likeness (QED) is 0.246. The van der Waals surface area contributed by atoms with Crippen LogP contribution in [0.25, 0.3) is 22.6 Å². The molecule has 3 aromatic carbocycles. The van der Waals surface area contributed by atoms with Crippen molar-refractivity contribution in [3.63, 3.8) is 0 Å². The number of aromatic nitrogens is 1. The number of benzene rings is 3. The first-order valence-corrected chi connectivity index (χ1v) is 9.37. The Labute approximate surface area is 176 Å². The Bertz CT molecular complexity index is 1330. The van der Waals surface area contributed by atoms with E-state index in [2.05, 4.69) is 9.98 Å². The molecule has 0 spiro atoms. The molecule has 0 fully saturated rings. The Hall–Kier alpha value is -3.71. The van der Waals surface area contributed by atoms with Crippen molar-refractivity contribution in [3.05, 3.63) is 80.4 Å². The lowest BCUT2D eigenvalue weighted by Gasteiger charge is -2.11. The van der Waals surface area contributed by atoms with Crippen LogP contribution in [0.1, 0.15) is 16.7 Å². The Morgan fingerprint density at radius 3 is 2.67 bits per heavy atom. The zero-order chi connectivity index (χ0) is 21.4. The predicted octanol–water partition coefficient (Wildman–Crippen LogP) is 5.50. The zero-order valence-corrected chi connectivity index (χ0v) is 16.8. The number of oxazole rings is 1. The van der Waals surface area contributed by atoms with Gasteiger partial charge in [-0.3, -0.25) is 15.1 Å². The van der Waals surface area contributed by atoms with Crippen LogP contribution in [-0.2, 0) is 0 Å². The average molecular weight is 421 g/mol. The molecule has 4 aromatic rings. The molecule has 0 saturated heterocycles. The fourth-order valence-corrected chi connectivity index (χ4v) is 3.26. The summed E-state index contributed by atoms with van der Waals surface area (Å²) in [5, 5.41) is 23.8. The van der Waals surface area contributed by atoms with Gasteiger partial charge in [0, 0.05) is 12.3 Å². The van der Waals surface area contributed by atoms with Crippen molar-refractivity contribution in [3.8, 4) is 17.2 Å². The monoisotopic (exact) mass is 420 g/mol. The molecule has 1 heterocycles. The topological polar surface area (TPSA) is 105 Å². The number of nitro benzene ring substituents is 1. The number of hydrogen-bond acceptors (Lipinski definition) is 6. The third-order valence-electron chi connectivity index (χ3n) is 4.52. The van der Waals surface area contributed by atoms with Crippen molar-refractivity contribution in [2.75, 3.05) is 0 Å². The summed E-state index contributed by atoms with van der Waals surface area (Å²) in [5.74, 6) is -0.328. The lowest BCUT2D eigenvalue weighted by Crippen LogP contribution is -2.02. The van der Waals surface area contributed by atoms with E-state index in [9.17, 15) is 15.2 Å². The molecule has 1 aromatic heterocycles. The standard InChI is InChI=1S/C22H16ClN3O4/c1-12-3-6-18-20(9-12)30-22(25-18)16-10-15(4-5-17(16)23)24-11-14-7-13(2)8-19(21(14)27)26(28)29/h3-11,27H,1-2H3/p-1. The van der Waals surface area contributed by atoms with Gasteiger partial charge in [0.05, 0.1) is 21.2 Å². The Balaban J connectivity index is 1.72. The summed E-state index contributed by atoms with van der Waals surface area (Å²) in [6.45, 7) is 3.64. The van der Waals surface area contributed by atoms with Crippen LogP contribution in [0.5, 0.6) is 5.75 Å². The third kappa shape index (κ3) is 3.75. The molecule has 0 aliphatic rings. The predicted molar refractivity (Wildman–Crippen MR) is 114 cm³/mol. The lowest BCUT2D eigenvalue weighted by atomic mass is 10.1. The number of nitrogens with zero attached hydrogens (tertiary/aromatic N) is 3. The number of rotatable bonds is 4. The molecule has 0 amide bonds. The van der Waals surface area contributed by atoms with Crippen molar-refractivity contribution in [2.45, 2.75) is 13.8 Å². The summed E-state index contributed by atoms with van der Waals surface area (Å²) >= 11 is 6.33. The Morgan fingerprint density at radius 1 is 1.10 bits per heavy atom. The maximum Gasteiger partial charge on any atom is 0.262 e. The van der Waals surface area contributed by atoms with Gasteiger partial charge in [-0.2, -0.15) is 0 Å². The molecule has 0 aliphatic carbocycles. The van der Waals surface area contributed by atoms with Crippen molar-refractivity contribution < 1.29 is 14.4 Å². The highest BCUT2D eigenvalue weighted by atomic mass is 35.5. The highest BCUT2D eigenvalue weighted by Crippen LogP contribution is 2.34. The summed E-state index contributed by atoms with van der Waals surface area (Å²) in [4.78, 5) is 19.1. The summed E-state index contributed by atoms with van der Waals surface area (Å²) in [7, 11) is 0. The second-order valence-electron chi connectivity index (χ2n) is 6.87. The van der Waals surface area contributed by atoms with E-state index >= 15 is 0 Å². The largest absolute Gasteiger partial charge is 0.867 e. The van der Waals surface area contributed by atoms with Crippen molar-refractivity contribution in [2.24, 2.45) is 4.99 Å². The number of hydrogen-bond donors (Lipinski definition) is 0. The van der Waals surface area contributed by atoms with Gasteiger partial charge in [0.15, 0.2) is 5.58 Å². The molecule has 0 radical (unpaired) electrons. The van der Waals surface area contributed by atoms with Gasteiger partial charge < -0.3 is 9.52 Å². The summed E-state index contributed by atoms with van der Waals surface area (Å²) in [5.41, 5.74) is 3.72. The van der Waals surface area contributed by atoms with Gasteiger partial charge in [-0.15, -0.1) is 0 Å². The van der Waals surface area contributed by atoms with Gasteiger partial charge in [0.2, 0.25) is 5.89 Å². The van der Waals surface area contributed by atoms with Crippen LogP contribution in [0.3, 0.4) is 0 Å².